The fraction of sp³-hybridized carbons (Fsp3) is 0.0952. The molecular weight excluding hydrogens is 376 g/mol. The number of pyridine rings is 1. The third kappa shape index (κ3) is 2.73. The molecule has 0 aliphatic rings. The molecule has 2 aromatic carbocycles. The molecule has 0 bridgehead atoms. The van der Waals surface area contributed by atoms with Gasteiger partial charge in [0.25, 0.3) is 0 Å². The Morgan fingerprint density at radius 1 is 1.29 bits per heavy atom. The van der Waals surface area contributed by atoms with E-state index in [1.807, 2.05) is 24.3 Å². The number of aromatic nitrogens is 2. The Labute approximate surface area is 165 Å². The van der Waals surface area contributed by atoms with Gasteiger partial charge in [0.05, 0.1) is 17.4 Å². The van der Waals surface area contributed by atoms with Crippen LogP contribution in [0, 0.1) is 18.3 Å². The first-order valence-corrected chi connectivity index (χ1v) is 8.92. The number of fused-ring (bicyclic) bond motifs is 3. The number of aromatic amines is 1. The first kappa shape index (κ1) is 17.8. The highest BCUT2D eigenvalue weighted by Gasteiger charge is 2.22. The summed E-state index contributed by atoms with van der Waals surface area (Å²) in [7, 11) is 1.55. The summed E-state index contributed by atoms with van der Waals surface area (Å²) in [6.45, 7) is 1.76. The second-order valence-electron chi connectivity index (χ2n) is 6.29. The lowest BCUT2D eigenvalue weighted by Gasteiger charge is -2.06. The van der Waals surface area contributed by atoms with E-state index in [4.69, 9.17) is 16.3 Å². The number of anilines is 1. The van der Waals surface area contributed by atoms with Gasteiger partial charge in [-0.2, -0.15) is 9.66 Å². The second kappa shape index (κ2) is 6.87. The van der Waals surface area contributed by atoms with Gasteiger partial charge in [0.2, 0.25) is 0 Å². The molecule has 0 spiro atoms. The lowest BCUT2D eigenvalue weighted by molar-refractivity contribution is -0.311. The molecule has 2 N–H and O–H groups in total. The van der Waals surface area contributed by atoms with Gasteiger partial charge in [-0.25, -0.2) is 9.78 Å². The number of nitriles is 1. The van der Waals surface area contributed by atoms with Crippen molar-refractivity contribution in [3.8, 4) is 11.8 Å². The monoisotopic (exact) mass is 391 g/mol. The van der Waals surface area contributed by atoms with Crippen molar-refractivity contribution in [3.63, 3.8) is 0 Å². The molecule has 0 radical (unpaired) electrons. The molecule has 0 aliphatic heterocycles. The molecule has 7 heteroatoms. The van der Waals surface area contributed by atoms with E-state index >= 15 is 0 Å². The zero-order chi connectivity index (χ0) is 19.8. The highest BCUT2D eigenvalue weighted by atomic mass is 35.5. The molecule has 0 unspecified atom stereocenters. The molecule has 4 rings (SSSR count). The summed E-state index contributed by atoms with van der Waals surface area (Å²) in [5.74, 6) is 0.565. The van der Waals surface area contributed by atoms with Crippen LogP contribution in [-0.2, 0) is 0 Å². The normalized spacial score (nSPS) is 11.7. The fourth-order valence-electron chi connectivity index (χ4n) is 3.28. The third-order valence-corrected chi connectivity index (χ3v) is 5.01. The maximum atomic E-state index is 13.2. The minimum absolute atomic E-state index is 0.212. The summed E-state index contributed by atoms with van der Waals surface area (Å²) in [6.07, 6.45) is 1.60. The number of ether oxygens (including phenoxy) is 1. The van der Waals surface area contributed by atoms with Crippen molar-refractivity contribution in [3.05, 3.63) is 74.2 Å². The average Bonchev–Trinajstić information content (AvgIpc) is 3.07. The van der Waals surface area contributed by atoms with Crippen LogP contribution < -0.4 is 25.8 Å². The Balaban J connectivity index is 1.95. The molecule has 0 saturated heterocycles. The number of methoxy groups -OCH3 is 1. The van der Waals surface area contributed by atoms with E-state index in [1.165, 1.54) is 4.40 Å². The van der Waals surface area contributed by atoms with Crippen molar-refractivity contribution in [1.29, 1.82) is 5.26 Å². The van der Waals surface area contributed by atoms with Crippen LogP contribution in [0.1, 0.15) is 11.1 Å². The molecule has 2 heterocycles. The Morgan fingerprint density at radius 3 is 2.79 bits per heavy atom. The molecule has 0 atom stereocenters. The molecule has 6 nitrogen and oxygen atoms in total. The molecule has 4 aromatic rings. The number of nitrogens with zero attached hydrogens (tertiary/aromatic N) is 2. The Bertz CT molecular complexity index is 1390. The van der Waals surface area contributed by atoms with Crippen molar-refractivity contribution < 1.29 is 9.72 Å². The number of benzene rings is 2. The van der Waals surface area contributed by atoms with E-state index in [2.05, 4.69) is 16.4 Å². The number of hydrogen-bond acceptors (Lipinski definition) is 4. The smallest absolute Gasteiger partial charge is 0.348 e. The van der Waals surface area contributed by atoms with Crippen LogP contribution in [0.25, 0.3) is 22.9 Å². The van der Waals surface area contributed by atoms with Crippen LogP contribution in [0.3, 0.4) is 0 Å². The number of rotatable bonds is 3. The lowest BCUT2D eigenvalue weighted by atomic mass is 10.1. The Kier molecular flexibility index (Phi) is 4.38. The molecular formula is C21H16ClN4O2+. The van der Waals surface area contributed by atoms with Crippen molar-refractivity contribution >= 4 is 40.2 Å². The standard InChI is InChI=1S/C21H15ClN4O2/c1-12-14(10-23)20-25-17-5-3-4-6-18(17)26(20)21(27)15(12)11-24-13-7-8-19(28-2)16(22)9-13/h3-9,11,24H,1-2H3/p+1. The van der Waals surface area contributed by atoms with Gasteiger partial charge in [0.1, 0.15) is 17.4 Å². The Morgan fingerprint density at radius 2 is 2.07 bits per heavy atom. The van der Waals surface area contributed by atoms with Gasteiger partial charge in [0, 0.05) is 11.9 Å². The molecule has 28 heavy (non-hydrogen) atoms. The highest BCUT2D eigenvalue weighted by Crippen LogP contribution is 2.27. The number of H-pyrrole nitrogens is 1. The van der Waals surface area contributed by atoms with E-state index in [-0.39, 0.29) is 5.56 Å². The molecule has 0 fully saturated rings. The molecule has 138 valence electrons. The first-order chi connectivity index (χ1) is 13.5. The van der Waals surface area contributed by atoms with Gasteiger partial charge >= 0.3 is 11.2 Å². The van der Waals surface area contributed by atoms with Crippen LogP contribution in [0.5, 0.6) is 5.75 Å². The van der Waals surface area contributed by atoms with Gasteiger partial charge in [0.15, 0.2) is 11.0 Å². The summed E-state index contributed by atoms with van der Waals surface area (Å²) < 4.78 is 6.69. The van der Waals surface area contributed by atoms with Crippen LogP contribution in [0.15, 0.2) is 47.3 Å². The number of hydrogen-bond donors (Lipinski definition) is 1. The maximum Gasteiger partial charge on any atom is 0.348 e. The topological polar surface area (TPSA) is 80.7 Å². The predicted molar refractivity (Wildman–Crippen MR) is 108 cm³/mol. The van der Waals surface area contributed by atoms with Crippen molar-refractivity contribution in [2.24, 2.45) is 0 Å². The summed E-state index contributed by atoms with van der Waals surface area (Å²) in [4.78, 5) is 16.4. The minimum atomic E-state index is -0.212. The van der Waals surface area contributed by atoms with Gasteiger partial charge in [-0.15, -0.1) is 0 Å². The predicted octanol–water partition coefficient (Wildman–Crippen LogP) is 2.68. The lowest BCUT2D eigenvalue weighted by Crippen LogP contribution is -2.35. The summed E-state index contributed by atoms with van der Waals surface area (Å²) in [5, 5.41) is 13.6. The average molecular weight is 392 g/mol. The van der Waals surface area contributed by atoms with Gasteiger partial charge in [-0.3, -0.25) is 0 Å². The molecule has 0 aliphatic carbocycles. The summed E-state index contributed by atoms with van der Waals surface area (Å²) >= 11 is 6.16. The zero-order valence-corrected chi connectivity index (χ0v) is 16.0. The number of halogens is 1. The molecule has 2 aromatic heterocycles. The van der Waals surface area contributed by atoms with E-state index < -0.39 is 0 Å². The van der Waals surface area contributed by atoms with Gasteiger partial charge < -0.3 is 10.1 Å². The minimum Gasteiger partial charge on any atom is -0.495 e. The fourth-order valence-corrected chi connectivity index (χ4v) is 3.53. The number of nitrogens with one attached hydrogen (secondary N) is 2. The summed E-state index contributed by atoms with van der Waals surface area (Å²) in [5.41, 5.74) is 3.53. The van der Waals surface area contributed by atoms with Crippen molar-refractivity contribution in [2.45, 2.75) is 6.92 Å². The highest BCUT2D eigenvalue weighted by molar-refractivity contribution is 6.32. The van der Waals surface area contributed by atoms with Crippen LogP contribution in [0.4, 0.5) is 5.69 Å². The van der Waals surface area contributed by atoms with Crippen LogP contribution in [-0.4, -0.2) is 11.5 Å². The number of imidazole rings is 1. The third-order valence-electron chi connectivity index (χ3n) is 4.72. The second-order valence-corrected chi connectivity index (χ2v) is 6.70. The van der Waals surface area contributed by atoms with Gasteiger partial charge in [-0.05, 0) is 42.8 Å². The van der Waals surface area contributed by atoms with E-state index in [1.54, 1.807) is 38.4 Å². The SMILES string of the molecule is COc1ccc(NC=c2c(C)c(C#N)c3[nH+]c4ccccc4n3c2=O)cc1Cl. The van der Waals surface area contributed by atoms with Crippen molar-refractivity contribution in [2.75, 3.05) is 12.4 Å². The van der Waals surface area contributed by atoms with E-state index in [9.17, 15) is 10.1 Å². The van der Waals surface area contributed by atoms with Crippen LogP contribution in [0.2, 0.25) is 5.02 Å². The van der Waals surface area contributed by atoms with Crippen molar-refractivity contribution in [1.82, 2.24) is 4.40 Å². The first-order valence-electron chi connectivity index (χ1n) is 8.54. The molecule has 0 amide bonds. The molecule has 0 saturated carbocycles. The number of para-hydroxylation sites is 2. The van der Waals surface area contributed by atoms with E-state index in [0.717, 1.165) is 11.0 Å². The summed E-state index contributed by atoms with van der Waals surface area (Å²) in [6, 6.07) is 14.9. The van der Waals surface area contributed by atoms with Gasteiger partial charge in [-0.1, -0.05) is 23.7 Å². The van der Waals surface area contributed by atoms with Crippen LogP contribution >= 0.6 is 11.6 Å². The largest absolute Gasteiger partial charge is 0.495 e. The quantitative estimate of drug-likeness (QED) is 0.582. The maximum absolute atomic E-state index is 13.2. The Hall–Kier alpha value is -3.56. The zero-order valence-electron chi connectivity index (χ0n) is 15.2. The van der Waals surface area contributed by atoms with E-state index in [0.29, 0.717) is 38.5 Å².